The highest BCUT2D eigenvalue weighted by Crippen LogP contribution is 2.52. The molecular weight excluding hydrogens is 339 g/mol. The first kappa shape index (κ1) is 14.5. The summed E-state index contributed by atoms with van der Waals surface area (Å²) in [6.07, 6.45) is 0. The van der Waals surface area contributed by atoms with E-state index in [4.69, 9.17) is 0 Å². The fraction of sp³-hybridized carbons (Fsp3) is 0. The molecule has 5 rings (SSSR count). The van der Waals surface area contributed by atoms with Crippen LogP contribution in [-0.2, 0) is 0 Å². The molecule has 1 aromatic heterocycles. The maximum atomic E-state index is 15.7. The highest BCUT2D eigenvalue weighted by molar-refractivity contribution is 8.04. The maximum Gasteiger partial charge on any atom is 0.738 e. The number of pyridine rings is 1. The van der Waals surface area contributed by atoms with Crippen LogP contribution in [0.4, 0.5) is 14.3 Å². The van der Waals surface area contributed by atoms with Gasteiger partial charge < -0.3 is 17.9 Å². The Balaban J connectivity index is 1.92. The molecular formula is C18H10BF2N3S. The molecule has 0 atom stereocenters. The van der Waals surface area contributed by atoms with E-state index < -0.39 is 6.97 Å². The molecule has 0 amide bonds. The number of allylic oxidation sites excluding steroid dienone is 1. The minimum absolute atomic E-state index is 0.262. The quantitative estimate of drug-likeness (QED) is 0.571. The largest absolute Gasteiger partial charge is 0.738 e. The lowest BCUT2D eigenvalue weighted by Crippen LogP contribution is -2.72. The number of para-hydroxylation sites is 2. The van der Waals surface area contributed by atoms with Crippen LogP contribution in [0.25, 0.3) is 16.5 Å². The Bertz CT molecular complexity index is 1140. The van der Waals surface area contributed by atoms with Gasteiger partial charge in [-0.3, -0.25) is 0 Å². The molecule has 3 heterocycles. The summed E-state index contributed by atoms with van der Waals surface area (Å²) < 4.78 is 32.4. The standard InChI is InChI=1S/C18H10BF2N3S/c20-19(21)23-14-6-2-1-5-12(14)9-10-15(23)13(11-22)18-24(19)16-7-3-4-8-17(16)25-18/h1-10H. The number of aromatic nitrogens is 1. The Morgan fingerprint density at radius 2 is 1.76 bits per heavy atom. The molecule has 3 aromatic rings. The summed E-state index contributed by atoms with van der Waals surface area (Å²) >= 11 is 1.23. The summed E-state index contributed by atoms with van der Waals surface area (Å²) in [5.41, 5.74) is 1.41. The van der Waals surface area contributed by atoms with Gasteiger partial charge >= 0.3 is 6.97 Å². The van der Waals surface area contributed by atoms with Crippen molar-refractivity contribution in [1.82, 2.24) is 0 Å². The van der Waals surface area contributed by atoms with Crippen molar-refractivity contribution in [3.05, 3.63) is 71.4 Å². The second-order valence-corrected chi connectivity index (χ2v) is 7.00. The number of nitrogens with zero attached hydrogens (tertiary/aromatic N) is 3. The van der Waals surface area contributed by atoms with Crippen molar-refractivity contribution >= 4 is 40.9 Å². The van der Waals surface area contributed by atoms with Gasteiger partial charge in [0.15, 0.2) is 11.2 Å². The first-order chi connectivity index (χ1) is 12.1. The van der Waals surface area contributed by atoms with E-state index in [1.807, 2.05) is 12.1 Å². The number of thioether (sulfide) groups is 1. The van der Waals surface area contributed by atoms with Crippen molar-refractivity contribution in [3.63, 3.8) is 0 Å². The van der Waals surface area contributed by atoms with E-state index in [2.05, 4.69) is 6.07 Å². The summed E-state index contributed by atoms with van der Waals surface area (Å²) in [6.45, 7) is -4.12. The van der Waals surface area contributed by atoms with Crippen LogP contribution in [0.1, 0.15) is 5.69 Å². The van der Waals surface area contributed by atoms with Gasteiger partial charge in [0.25, 0.3) is 0 Å². The molecule has 120 valence electrons. The average molecular weight is 349 g/mol. The summed E-state index contributed by atoms with van der Waals surface area (Å²) in [4.78, 5) is 1.78. The zero-order valence-electron chi connectivity index (χ0n) is 12.9. The summed E-state index contributed by atoms with van der Waals surface area (Å²) in [5, 5.41) is 10.7. The van der Waals surface area contributed by atoms with Gasteiger partial charge in [0, 0.05) is 28.1 Å². The monoisotopic (exact) mass is 349 g/mol. The van der Waals surface area contributed by atoms with E-state index in [1.54, 1.807) is 48.5 Å². The zero-order valence-corrected chi connectivity index (χ0v) is 13.7. The molecule has 3 nitrogen and oxygen atoms in total. The number of benzene rings is 2. The minimum Gasteiger partial charge on any atom is -0.389 e. The fourth-order valence-electron chi connectivity index (χ4n) is 3.58. The van der Waals surface area contributed by atoms with Crippen molar-refractivity contribution in [1.29, 1.82) is 5.26 Å². The van der Waals surface area contributed by atoms with Crippen molar-refractivity contribution in [2.45, 2.75) is 4.90 Å². The lowest BCUT2D eigenvalue weighted by atomic mass is 9.86. The molecule has 0 bridgehead atoms. The van der Waals surface area contributed by atoms with E-state index in [1.165, 1.54) is 11.8 Å². The number of fused-ring (bicyclic) bond motifs is 6. The normalized spacial score (nSPS) is 17.1. The zero-order chi connectivity index (χ0) is 17.2. The lowest BCUT2D eigenvalue weighted by molar-refractivity contribution is -0.541. The molecule has 0 fully saturated rings. The Kier molecular flexibility index (Phi) is 2.80. The van der Waals surface area contributed by atoms with E-state index in [0.29, 0.717) is 21.6 Å². The van der Waals surface area contributed by atoms with E-state index >= 15 is 8.63 Å². The number of halogens is 2. The van der Waals surface area contributed by atoms with E-state index in [-0.39, 0.29) is 11.3 Å². The molecule has 0 N–H and O–H groups in total. The van der Waals surface area contributed by atoms with Crippen molar-refractivity contribution in [2.75, 3.05) is 4.81 Å². The summed E-state index contributed by atoms with van der Waals surface area (Å²) in [5.74, 6) is 0. The first-order valence-corrected chi connectivity index (χ1v) is 8.61. The molecule has 2 aliphatic heterocycles. The highest BCUT2D eigenvalue weighted by atomic mass is 32.2. The number of rotatable bonds is 0. The van der Waals surface area contributed by atoms with Crippen LogP contribution in [0.5, 0.6) is 0 Å². The molecule has 0 unspecified atom stereocenters. The van der Waals surface area contributed by atoms with Crippen molar-refractivity contribution in [2.24, 2.45) is 0 Å². The topological polar surface area (TPSA) is 30.9 Å². The second-order valence-electron chi connectivity index (χ2n) is 5.97. The predicted octanol–water partition coefficient (Wildman–Crippen LogP) is 4.17. The van der Waals surface area contributed by atoms with Gasteiger partial charge in [0.05, 0.1) is 5.03 Å². The Hall–Kier alpha value is -2.85. The van der Waals surface area contributed by atoms with Crippen LogP contribution < -0.4 is 9.29 Å². The number of hydrogen-bond acceptors (Lipinski definition) is 3. The third-order valence-electron chi connectivity index (χ3n) is 4.63. The smallest absolute Gasteiger partial charge is 0.389 e. The third-order valence-corrected chi connectivity index (χ3v) is 5.79. The molecule has 2 aliphatic rings. The van der Waals surface area contributed by atoms with E-state index in [9.17, 15) is 5.26 Å². The first-order valence-electron chi connectivity index (χ1n) is 7.79. The van der Waals surface area contributed by atoms with Crippen LogP contribution in [-0.4, -0.2) is 6.97 Å². The second kappa shape index (κ2) is 4.84. The highest BCUT2D eigenvalue weighted by Gasteiger charge is 2.57. The van der Waals surface area contributed by atoms with Gasteiger partial charge in [0.2, 0.25) is 0 Å². The number of nitriles is 1. The van der Waals surface area contributed by atoms with Gasteiger partial charge in [-0.25, -0.2) is 0 Å². The van der Waals surface area contributed by atoms with Crippen LogP contribution in [0.3, 0.4) is 0 Å². The predicted molar refractivity (Wildman–Crippen MR) is 94.8 cm³/mol. The van der Waals surface area contributed by atoms with E-state index in [0.717, 1.165) is 14.2 Å². The Labute approximate surface area is 146 Å². The van der Waals surface area contributed by atoms with Crippen molar-refractivity contribution < 1.29 is 13.1 Å². The molecule has 0 spiro atoms. The van der Waals surface area contributed by atoms with Gasteiger partial charge in [0.1, 0.15) is 11.6 Å². The molecule has 0 aliphatic carbocycles. The molecule has 2 aromatic carbocycles. The van der Waals surface area contributed by atoms with Crippen LogP contribution in [0.2, 0.25) is 0 Å². The minimum atomic E-state index is -4.12. The Morgan fingerprint density at radius 3 is 2.60 bits per heavy atom. The van der Waals surface area contributed by atoms with Crippen LogP contribution in [0.15, 0.2) is 70.6 Å². The maximum absolute atomic E-state index is 15.7. The van der Waals surface area contributed by atoms with Gasteiger partial charge in [-0.1, -0.05) is 36.0 Å². The Morgan fingerprint density at radius 1 is 1.00 bits per heavy atom. The molecule has 0 saturated carbocycles. The third kappa shape index (κ3) is 1.77. The van der Waals surface area contributed by atoms with Crippen LogP contribution >= 0.6 is 11.8 Å². The van der Waals surface area contributed by atoms with Gasteiger partial charge in [-0.05, 0) is 24.3 Å². The lowest BCUT2D eigenvalue weighted by Gasteiger charge is -2.37. The molecule has 0 radical (unpaired) electrons. The molecule has 25 heavy (non-hydrogen) atoms. The van der Waals surface area contributed by atoms with Gasteiger partial charge in [-0.2, -0.15) is 5.26 Å². The van der Waals surface area contributed by atoms with Gasteiger partial charge in [-0.15, -0.1) is 0 Å². The number of hydrogen-bond donors (Lipinski definition) is 0. The summed E-state index contributed by atoms with van der Waals surface area (Å²) in [7, 11) is 0. The van der Waals surface area contributed by atoms with Crippen molar-refractivity contribution in [3.8, 4) is 6.07 Å². The SMILES string of the molecule is N#CC1=C2Sc3ccccc3N2[B-](F)(F)[n+]2c1ccc1ccccc12. The molecule has 7 heteroatoms. The molecule has 0 saturated heterocycles. The average Bonchev–Trinajstić information content (AvgIpc) is 3.02. The number of anilines is 1. The fourth-order valence-corrected chi connectivity index (χ4v) is 4.78. The van der Waals surface area contributed by atoms with Crippen LogP contribution in [0, 0.1) is 11.3 Å². The summed E-state index contributed by atoms with van der Waals surface area (Å²) in [6, 6.07) is 19.6.